The molecule has 2 unspecified atom stereocenters. The van der Waals surface area contributed by atoms with Crippen molar-refractivity contribution in [1.29, 1.82) is 0 Å². The Balaban J connectivity index is 2.89. The van der Waals surface area contributed by atoms with Gasteiger partial charge in [-0.05, 0) is 51.1 Å². The van der Waals surface area contributed by atoms with E-state index in [0.29, 0.717) is 58.1 Å². The van der Waals surface area contributed by atoms with Crippen LogP contribution in [0.15, 0.2) is 0 Å². The van der Waals surface area contributed by atoms with Gasteiger partial charge < -0.3 is 20.1 Å². The molecular formula is C18H30N2O7. The number of carbonyl (C=O) groups is 4. The maximum Gasteiger partial charge on any atom is 0.320 e. The molecule has 154 valence electrons. The average Bonchev–Trinajstić information content (AvgIpc) is 2.60. The normalized spacial score (nSPS) is 21.7. The highest BCUT2D eigenvalue weighted by atomic mass is 16.4. The van der Waals surface area contributed by atoms with E-state index in [0.717, 1.165) is 0 Å². The molecule has 1 heterocycles. The van der Waals surface area contributed by atoms with Crippen LogP contribution in [0.4, 0.5) is 0 Å². The molecule has 27 heavy (non-hydrogen) atoms. The zero-order chi connectivity index (χ0) is 20.2. The van der Waals surface area contributed by atoms with Crippen molar-refractivity contribution in [2.45, 2.75) is 51.0 Å². The number of aldehydes is 1. The van der Waals surface area contributed by atoms with Crippen molar-refractivity contribution in [3.05, 3.63) is 0 Å². The Bertz CT molecular complexity index is 512. The number of aliphatic carboxylic acids is 3. The number of carboxylic acids is 3. The third-order valence-corrected chi connectivity index (χ3v) is 4.95. The summed E-state index contributed by atoms with van der Waals surface area (Å²) < 4.78 is 0. The third-order valence-electron chi connectivity index (χ3n) is 4.95. The summed E-state index contributed by atoms with van der Waals surface area (Å²) in [7, 11) is 0. The van der Waals surface area contributed by atoms with Gasteiger partial charge in [-0.3, -0.25) is 24.2 Å². The topological polar surface area (TPSA) is 135 Å². The molecule has 0 spiro atoms. The molecule has 0 aromatic heterocycles. The van der Waals surface area contributed by atoms with Crippen molar-refractivity contribution in [3.63, 3.8) is 0 Å². The Morgan fingerprint density at radius 2 is 1.63 bits per heavy atom. The van der Waals surface area contributed by atoms with E-state index in [-0.39, 0.29) is 31.7 Å². The highest BCUT2D eigenvalue weighted by Gasteiger charge is 2.26. The fourth-order valence-corrected chi connectivity index (χ4v) is 3.62. The second kappa shape index (κ2) is 12.4. The highest BCUT2D eigenvalue weighted by molar-refractivity contribution is 5.74. The number of carboxylic acid groups (broad SMARTS) is 3. The first kappa shape index (κ1) is 23.0. The minimum Gasteiger partial charge on any atom is -0.481 e. The van der Waals surface area contributed by atoms with E-state index in [1.807, 2.05) is 0 Å². The molecule has 2 atom stereocenters. The van der Waals surface area contributed by atoms with Crippen LogP contribution in [0.1, 0.15) is 44.9 Å². The van der Waals surface area contributed by atoms with Crippen LogP contribution in [0.5, 0.6) is 0 Å². The lowest BCUT2D eigenvalue weighted by molar-refractivity contribution is -0.144. The predicted molar refractivity (Wildman–Crippen MR) is 96.6 cm³/mol. The van der Waals surface area contributed by atoms with Crippen LogP contribution in [0.2, 0.25) is 0 Å². The summed E-state index contributed by atoms with van der Waals surface area (Å²) in [6.45, 7) is 1.69. The summed E-state index contributed by atoms with van der Waals surface area (Å²) in [6, 6.07) is -0.805. The number of carbonyl (C=O) groups excluding carboxylic acids is 1. The molecule has 9 nitrogen and oxygen atoms in total. The summed E-state index contributed by atoms with van der Waals surface area (Å²) in [5.41, 5.74) is 0. The van der Waals surface area contributed by atoms with E-state index in [9.17, 15) is 24.3 Å². The molecule has 0 aromatic carbocycles. The summed E-state index contributed by atoms with van der Waals surface area (Å²) in [6.07, 6.45) is 3.87. The van der Waals surface area contributed by atoms with Gasteiger partial charge in [0.15, 0.2) is 0 Å². The highest BCUT2D eigenvalue weighted by Crippen LogP contribution is 2.20. The smallest absolute Gasteiger partial charge is 0.320 e. The van der Waals surface area contributed by atoms with Crippen molar-refractivity contribution in [3.8, 4) is 0 Å². The second-order valence-electron chi connectivity index (χ2n) is 7.05. The van der Waals surface area contributed by atoms with E-state index in [2.05, 4.69) is 0 Å². The molecule has 0 amide bonds. The van der Waals surface area contributed by atoms with Crippen molar-refractivity contribution < 1.29 is 34.5 Å². The van der Waals surface area contributed by atoms with Gasteiger partial charge in [0.1, 0.15) is 12.3 Å². The van der Waals surface area contributed by atoms with Crippen LogP contribution in [-0.4, -0.2) is 88.1 Å². The minimum atomic E-state index is -1.00. The maximum absolute atomic E-state index is 11.7. The molecule has 1 aliphatic heterocycles. The van der Waals surface area contributed by atoms with Gasteiger partial charge >= 0.3 is 17.9 Å². The average molecular weight is 386 g/mol. The van der Waals surface area contributed by atoms with Crippen molar-refractivity contribution in [2.24, 2.45) is 5.92 Å². The largest absolute Gasteiger partial charge is 0.481 e. The van der Waals surface area contributed by atoms with Crippen molar-refractivity contribution in [1.82, 2.24) is 9.80 Å². The molecule has 9 heteroatoms. The van der Waals surface area contributed by atoms with Gasteiger partial charge in [0.25, 0.3) is 0 Å². The Morgan fingerprint density at radius 3 is 2.19 bits per heavy atom. The lowest BCUT2D eigenvalue weighted by Crippen LogP contribution is -2.46. The maximum atomic E-state index is 11.7. The Labute approximate surface area is 158 Å². The summed E-state index contributed by atoms with van der Waals surface area (Å²) in [5.74, 6) is -2.82. The first-order valence-corrected chi connectivity index (χ1v) is 9.40. The Morgan fingerprint density at radius 1 is 0.963 bits per heavy atom. The number of rotatable bonds is 9. The first-order chi connectivity index (χ1) is 12.8. The Hall–Kier alpha value is -2.00. The molecule has 1 rings (SSSR count). The molecule has 0 saturated carbocycles. The van der Waals surface area contributed by atoms with Crippen LogP contribution in [0.3, 0.4) is 0 Å². The standard InChI is InChI=1S/C18H30N2O7/c21-11-3-6-15(18(26)27)20-8-2-5-14(12-16(22)23)4-1-7-19(9-10-20)13-17(24)25/h11,14-15H,1-10,12-13H2,(H,22,23)(H,24,25)(H,26,27). The van der Waals surface area contributed by atoms with Crippen molar-refractivity contribution >= 4 is 24.2 Å². The van der Waals surface area contributed by atoms with Gasteiger partial charge in [-0.15, -0.1) is 0 Å². The van der Waals surface area contributed by atoms with Crippen LogP contribution in [-0.2, 0) is 19.2 Å². The monoisotopic (exact) mass is 386 g/mol. The molecule has 0 aliphatic carbocycles. The van der Waals surface area contributed by atoms with E-state index < -0.39 is 23.9 Å². The van der Waals surface area contributed by atoms with Crippen LogP contribution >= 0.6 is 0 Å². The number of hydrogen-bond acceptors (Lipinski definition) is 6. The van der Waals surface area contributed by atoms with E-state index in [4.69, 9.17) is 10.2 Å². The first-order valence-electron chi connectivity index (χ1n) is 9.40. The van der Waals surface area contributed by atoms with E-state index in [1.165, 1.54) is 0 Å². The molecular weight excluding hydrogens is 356 g/mol. The lowest BCUT2D eigenvalue weighted by atomic mass is 9.94. The Kier molecular flexibility index (Phi) is 10.6. The predicted octanol–water partition coefficient (Wildman–Crippen LogP) is 0.772. The number of hydrogen-bond donors (Lipinski definition) is 3. The van der Waals surface area contributed by atoms with Gasteiger partial charge in [-0.1, -0.05) is 0 Å². The fourth-order valence-electron chi connectivity index (χ4n) is 3.62. The van der Waals surface area contributed by atoms with Gasteiger partial charge in [0, 0.05) is 25.9 Å². The van der Waals surface area contributed by atoms with E-state index >= 15 is 0 Å². The molecule has 0 bridgehead atoms. The van der Waals surface area contributed by atoms with Crippen LogP contribution in [0.25, 0.3) is 0 Å². The minimum absolute atomic E-state index is 0.00705. The fraction of sp³-hybridized carbons (Fsp3) is 0.778. The summed E-state index contributed by atoms with van der Waals surface area (Å²) >= 11 is 0. The zero-order valence-corrected chi connectivity index (χ0v) is 15.6. The molecule has 1 aliphatic rings. The summed E-state index contributed by atoms with van der Waals surface area (Å²) in [5, 5.41) is 27.7. The second-order valence-corrected chi connectivity index (χ2v) is 7.05. The molecule has 3 N–H and O–H groups in total. The molecule has 0 radical (unpaired) electrons. The number of nitrogens with zero attached hydrogens (tertiary/aromatic N) is 2. The van der Waals surface area contributed by atoms with Gasteiger partial charge in [-0.2, -0.15) is 0 Å². The SMILES string of the molecule is O=CCCC(C(=O)O)N1CCCC(CC(=O)O)CCCN(CC(=O)O)CC1. The molecule has 1 saturated heterocycles. The van der Waals surface area contributed by atoms with E-state index in [1.54, 1.807) is 9.80 Å². The van der Waals surface area contributed by atoms with Crippen LogP contribution in [0, 0.1) is 5.92 Å². The van der Waals surface area contributed by atoms with Gasteiger partial charge in [0.05, 0.1) is 6.54 Å². The zero-order valence-electron chi connectivity index (χ0n) is 15.6. The third kappa shape index (κ3) is 9.48. The molecule has 0 aromatic rings. The van der Waals surface area contributed by atoms with Gasteiger partial charge in [0.2, 0.25) is 0 Å². The summed E-state index contributed by atoms with van der Waals surface area (Å²) in [4.78, 5) is 48.0. The quantitative estimate of drug-likeness (QED) is 0.491. The van der Waals surface area contributed by atoms with Gasteiger partial charge in [-0.25, -0.2) is 0 Å². The molecule has 1 fully saturated rings. The lowest BCUT2D eigenvalue weighted by Gasteiger charge is -2.30. The van der Waals surface area contributed by atoms with Crippen molar-refractivity contribution in [2.75, 3.05) is 32.7 Å². The van der Waals surface area contributed by atoms with Crippen LogP contribution < -0.4 is 0 Å².